The average Bonchev–Trinajstić information content (AvgIpc) is 2.20. The Morgan fingerprint density at radius 1 is 1.53 bits per heavy atom. The number of benzene rings is 1. The Labute approximate surface area is 99.1 Å². The van der Waals surface area contributed by atoms with Crippen molar-refractivity contribution >= 4 is 23.2 Å². The van der Waals surface area contributed by atoms with Crippen molar-refractivity contribution in [1.29, 1.82) is 0 Å². The van der Waals surface area contributed by atoms with Gasteiger partial charge in [-0.25, -0.2) is 0 Å². The van der Waals surface area contributed by atoms with Gasteiger partial charge in [-0.2, -0.15) is 0 Å². The fraction of sp³-hybridized carbons (Fsp3) is 0.273. The molecule has 1 atom stereocenters. The van der Waals surface area contributed by atoms with E-state index in [2.05, 4.69) is 0 Å². The molecule has 1 unspecified atom stereocenters. The fourth-order valence-electron chi connectivity index (χ4n) is 1.07. The Morgan fingerprint density at radius 3 is 2.80 bits per heavy atom. The molecular weight excluding hydrogens is 235 g/mol. The minimum atomic E-state index is -0.528. The molecule has 0 saturated carbocycles. The molecule has 0 saturated heterocycles. The zero-order valence-electron chi connectivity index (χ0n) is 8.28. The lowest BCUT2D eigenvalue weighted by molar-refractivity contribution is 0.199. The van der Waals surface area contributed by atoms with Crippen LogP contribution in [0.25, 0.3) is 0 Å². The first-order valence-electron chi connectivity index (χ1n) is 4.50. The highest BCUT2D eigenvalue weighted by Crippen LogP contribution is 2.27. The summed E-state index contributed by atoms with van der Waals surface area (Å²) in [6.07, 6.45) is 1.14. The maximum Gasteiger partial charge on any atom is 0.138 e. The summed E-state index contributed by atoms with van der Waals surface area (Å²) in [5.74, 6) is 0.579. The monoisotopic (exact) mass is 246 g/mol. The van der Waals surface area contributed by atoms with E-state index < -0.39 is 6.10 Å². The third-order valence-corrected chi connectivity index (χ3v) is 2.34. The SMILES string of the molecule is CC(O)c1ccc(OC/C=C/Cl)c(Cl)c1. The van der Waals surface area contributed by atoms with E-state index in [1.54, 1.807) is 31.2 Å². The first kappa shape index (κ1) is 12.4. The average molecular weight is 247 g/mol. The first-order chi connectivity index (χ1) is 7.15. The summed E-state index contributed by atoms with van der Waals surface area (Å²) in [6, 6.07) is 5.19. The molecule has 2 nitrogen and oxygen atoms in total. The molecule has 0 amide bonds. The van der Waals surface area contributed by atoms with Crippen LogP contribution in [0.5, 0.6) is 5.75 Å². The Morgan fingerprint density at radius 2 is 2.27 bits per heavy atom. The predicted octanol–water partition coefficient (Wildman–Crippen LogP) is 3.52. The third-order valence-electron chi connectivity index (χ3n) is 1.86. The fourth-order valence-corrected chi connectivity index (χ4v) is 1.38. The van der Waals surface area contributed by atoms with Crippen molar-refractivity contribution in [3.05, 3.63) is 40.4 Å². The lowest BCUT2D eigenvalue weighted by Crippen LogP contribution is -1.96. The molecule has 4 heteroatoms. The van der Waals surface area contributed by atoms with Gasteiger partial charge in [0.2, 0.25) is 0 Å². The number of hydrogen-bond donors (Lipinski definition) is 1. The van der Waals surface area contributed by atoms with Crippen LogP contribution in [-0.2, 0) is 0 Å². The summed E-state index contributed by atoms with van der Waals surface area (Å²) in [7, 11) is 0. The van der Waals surface area contributed by atoms with E-state index in [4.69, 9.17) is 27.9 Å². The molecule has 0 aliphatic rings. The summed E-state index contributed by atoms with van der Waals surface area (Å²) >= 11 is 11.3. The van der Waals surface area contributed by atoms with Gasteiger partial charge in [-0.05, 0) is 30.7 Å². The van der Waals surface area contributed by atoms with Crippen molar-refractivity contribution in [2.24, 2.45) is 0 Å². The number of rotatable bonds is 4. The number of halogens is 2. The highest BCUT2D eigenvalue weighted by molar-refractivity contribution is 6.32. The van der Waals surface area contributed by atoms with E-state index in [1.165, 1.54) is 5.54 Å². The van der Waals surface area contributed by atoms with Crippen molar-refractivity contribution in [2.75, 3.05) is 6.61 Å². The van der Waals surface area contributed by atoms with Gasteiger partial charge in [0.1, 0.15) is 12.4 Å². The molecule has 0 radical (unpaired) electrons. The minimum Gasteiger partial charge on any atom is -0.488 e. The molecule has 0 bridgehead atoms. The maximum atomic E-state index is 9.33. The summed E-state index contributed by atoms with van der Waals surface area (Å²) < 4.78 is 5.33. The van der Waals surface area contributed by atoms with Gasteiger partial charge in [0, 0.05) is 5.54 Å². The van der Waals surface area contributed by atoms with E-state index in [0.29, 0.717) is 17.4 Å². The normalized spacial score (nSPS) is 13.1. The van der Waals surface area contributed by atoms with Gasteiger partial charge in [0.05, 0.1) is 11.1 Å². The molecule has 0 fully saturated rings. The van der Waals surface area contributed by atoms with E-state index in [-0.39, 0.29) is 0 Å². The van der Waals surface area contributed by atoms with Crippen LogP contribution >= 0.6 is 23.2 Å². The lowest BCUT2D eigenvalue weighted by atomic mass is 10.1. The van der Waals surface area contributed by atoms with Crippen LogP contribution in [-0.4, -0.2) is 11.7 Å². The van der Waals surface area contributed by atoms with Gasteiger partial charge in [-0.1, -0.05) is 29.3 Å². The molecule has 1 rings (SSSR count). The van der Waals surface area contributed by atoms with E-state index in [1.807, 2.05) is 0 Å². The zero-order valence-corrected chi connectivity index (χ0v) is 9.79. The Kier molecular flexibility index (Phi) is 4.95. The van der Waals surface area contributed by atoms with Gasteiger partial charge in [0.25, 0.3) is 0 Å². The predicted molar refractivity (Wildman–Crippen MR) is 62.6 cm³/mol. The standard InChI is InChI=1S/C11H12Cl2O2/c1-8(14)9-3-4-11(10(13)7-9)15-6-2-5-12/h2-5,7-8,14H,6H2,1H3/b5-2+. The highest BCUT2D eigenvalue weighted by atomic mass is 35.5. The number of ether oxygens (including phenoxy) is 1. The van der Waals surface area contributed by atoms with Gasteiger partial charge in [0.15, 0.2) is 0 Å². The van der Waals surface area contributed by atoms with Crippen LogP contribution in [0.4, 0.5) is 0 Å². The molecule has 0 aromatic heterocycles. The van der Waals surface area contributed by atoms with Crippen LogP contribution in [0.15, 0.2) is 29.8 Å². The van der Waals surface area contributed by atoms with Gasteiger partial charge < -0.3 is 9.84 Å². The molecule has 0 heterocycles. The first-order valence-corrected chi connectivity index (χ1v) is 5.32. The molecule has 15 heavy (non-hydrogen) atoms. The Hall–Kier alpha value is -0.700. The second-order valence-electron chi connectivity index (χ2n) is 3.04. The van der Waals surface area contributed by atoms with Crippen LogP contribution < -0.4 is 4.74 Å². The summed E-state index contributed by atoms with van der Waals surface area (Å²) in [5.41, 5.74) is 2.15. The van der Waals surface area contributed by atoms with E-state index in [0.717, 1.165) is 5.56 Å². The molecule has 1 N–H and O–H groups in total. The molecule has 0 aliphatic carbocycles. The van der Waals surface area contributed by atoms with E-state index in [9.17, 15) is 5.11 Å². The number of aliphatic hydroxyl groups is 1. The smallest absolute Gasteiger partial charge is 0.138 e. The van der Waals surface area contributed by atoms with Gasteiger partial charge >= 0.3 is 0 Å². The summed E-state index contributed by atoms with van der Waals surface area (Å²) in [5, 5.41) is 9.81. The van der Waals surface area contributed by atoms with Crippen LogP contribution in [0.1, 0.15) is 18.6 Å². The number of hydrogen-bond acceptors (Lipinski definition) is 2. The summed E-state index contributed by atoms with van der Waals surface area (Å²) in [6.45, 7) is 2.06. The van der Waals surface area contributed by atoms with Crippen molar-refractivity contribution < 1.29 is 9.84 Å². The minimum absolute atomic E-state index is 0.372. The largest absolute Gasteiger partial charge is 0.488 e. The molecule has 0 spiro atoms. The van der Waals surface area contributed by atoms with Crippen LogP contribution in [0.2, 0.25) is 5.02 Å². The molecule has 1 aromatic carbocycles. The topological polar surface area (TPSA) is 29.5 Å². The number of aliphatic hydroxyl groups excluding tert-OH is 1. The van der Waals surface area contributed by atoms with Gasteiger partial charge in [-0.15, -0.1) is 0 Å². The molecule has 82 valence electrons. The summed E-state index contributed by atoms with van der Waals surface area (Å²) in [4.78, 5) is 0. The lowest BCUT2D eigenvalue weighted by Gasteiger charge is -2.09. The molecular formula is C11H12Cl2O2. The highest BCUT2D eigenvalue weighted by Gasteiger charge is 2.05. The zero-order chi connectivity index (χ0) is 11.3. The third kappa shape index (κ3) is 3.74. The van der Waals surface area contributed by atoms with Crippen molar-refractivity contribution in [3.8, 4) is 5.75 Å². The molecule has 0 aliphatic heterocycles. The van der Waals surface area contributed by atoms with Crippen molar-refractivity contribution in [3.63, 3.8) is 0 Å². The second-order valence-corrected chi connectivity index (χ2v) is 3.70. The Balaban J connectivity index is 2.74. The van der Waals surface area contributed by atoms with Crippen LogP contribution in [0.3, 0.4) is 0 Å². The van der Waals surface area contributed by atoms with E-state index >= 15 is 0 Å². The second kappa shape index (κ2) is 6.01. The quantitative estimate of drug-likeness (QED) is 0.881. The van der Waals surface area contributed by atoms with Crippen LogP contribution in [0, 0.1) is 0 Å². The van der Waals surface area contributed by atoms with Gasteiger partial charge in [-0.3, -0.25) is 0 Å². The van der Waals surface area contributed by atoms with Crippen molar-refractivity contribution in [2.45, 2.75) is 13.0 Å². The Bertz CT molecular complexity index is 348. The van der Waals surface area contributed by atoms with Crippen molar-refractivity contribution in [1.82, 2.24) is 0 Å². The molecule has 1 aromatic rings. The maximum absolute atomic E-state index is 9.33.